The maximum absolute atomic E-state index is 12.8. The quantitative estimate of drug-likeness (QED) is 0.514. The number of alkyl halides is 3. The first kappa shape index (κ1) is 23.0. The van der Waals surface area contributed by atoms with Crippen LogP contribution < -0.4 is 10.6 Å². The monoisotopic (exact) mass is 408 g/mol. The highest BCUT2D eigenvalue weighted by Crippen LogP contribution is 2.38. The molecule has 0 spiro atoms. The van der Waals surface area contributed by atoms with Crippen molar-refractivity contribution in [2.24, 2.45) is 5.92 Å². The van der Waals surface area contributed by atoms with Crippen molar-refractivity contribution in [3.63, 3.8) is 0 Å². The smallest absolute Gasteiger partial charge is 0.467 e. The van der Waals surface area contributed by atoms with Gasteiger partial charge in [0.2, 0.25) is 0 Å². The molecule has 7 nitrogen and oxygen atoms in total. The van der Waals surface area contributed by atoms with E-state index in [0.29, 0.717) is 19.2 Å². The lowest BCUT2D eigenvalue weighted by molar-refractivity contribution is -0.178. The highest BCUT2D eigenvalue weighted by molar-refractivity contribution is 6.45. The first-order valence-electron chi connectivity index (χ1n) is 9.29. The van der Waals surface area contributed by atoms with Gasteiger partial charge in [-0.1, -0.05) is 6.42 Å². The van der Waals surface area contributed by atoms with Crippen molar-refractivity contribution in [2.75, 3.05) is 20.2 Å². The standard InChI is InChI=1S/C17H28BF3N2O5/c1-14(2)15(3,4)28-18(27-14)8-6-7-11-9-22-10-16(11,13(25)26-5)23-12(24)17(19,20)21/h11,22H,6-10H2,1-5H3,(H,23,24)/t11-,16-/m0/s1. The molecule has 2 saturated heterocycles. The Morgan fingerprint density at radius 3 is 2.29 bits per heavy atom. The van der Waals surface area contributed by atoms with Gasteiger partial charge in [0.25, 0.3) is 0 Å². The average Bonchev–Trinajstić information content (AvgIpc) is 3.04. The van der Waals surface area contributed by atoms with Gasteiger partial charge in [-0.3, -0.25) is 4.79 Å². The van der Waals surface area contributed by atoms with E-state index in [1.165, 1.54) is 0 Å². The summed E-state index contributed by atoms with van der Waals surface area (Å²) in [6.07, 6.45) is -3.63. The summed E-state index contributed by atoms with van der Waals surface area (Å²) >= 11 is 0. The Kier molecular flexibility index (Phi) is 6.42. The van der Waals surface area contributed by atoms with Gasteiger partial charge >= 0.3 is 25.2 Å². The summed E-state index contributed by atoms with van der Waals surface area (Å²) in [5.41, 5.74) is -2.69. The number of hydrogen-bond donors (Lipinski definition) is 2. The number of rotatable bonds is 6. The number of amides is 1. The van der Waals surface area contributed by atoms with Crippen LogP contribution in [0.15, 0.2) is 0 Å². The Morgan fingerprint density at radius 2 is 1.79 bits per heavy atom. The minimum absolute atomic E-state index is 0.122. The molecule has 0 saturated carbocycles. The summed E-state index contributed by atoms with van der Waals surface area (Å²) in [6, 6.07) is 0. The van der Waals surface area contributed by atoms with E-state index in [4.69, 9.17) is 14.0 Å². The lowest BCUT2D eigenvalue weighted by Crippen LogP contribution is -2.62. The minimum Gasteiger partial charge on any atom is -0.467 e. The van der Waals surface area contributed by atoms with Crippen LogP contribution >= 0.6 is 0 Å². The molecule has 0 aromatic rings. The van der Waals surface area contributed by atoms with Crippen molar-refractivity contribution in [2.45, 2.75) is 69.8 Å². The second kappa shape index (κ2) is 7.83. The molecule has 0 radical (unpaired) electrons. The molecule has 2 aliphatic rings. The van der Waals surface area contributed by atoms with Gasteiger partial charge in [0.15, 0.2) is 5.54 Å². The SMILES string of the molecule is COC(=O)[C@]1(NC(=O)C(F)(F)F)CNC[C@@H]1CCCB1OC(C)(C)C(C)(C)O1. The minimum atomic E-state index is -5.09. The molecule has 2 N–H and O–H groups in total. The van der Waals surface area contributed by atoms with Crippen LogP contribution in [0.3, 0.4) is 0 Å². The first-order chi connectivity index (χ1) is 12.7. The molecular formula is C17H28BF3N2O5. The largest absolute Gasteiger partial charge is 0.471 e. The normalized spacial score (nSPS) is 29.0. The molecule has 0 unspecified atom stereocenters. The summed E-state index contributed by atoms with van der Waals surface area (Å²) in [5, 5.41) is 4.77. The van der Waals surface area contributed by atoms with Crippen LogP contribution in [-0.4, -0.2) is 62.1 Å². The first-order valence-corrected chi connectivity index (χ1v) is 9.29. The van der Waals surface area contributed by atoms with Gasteiger partial charge in [-0.15, -0.1) is 0 Å². The lowest BCUT2D eigenvalue weighted by atomic mass is 9.77. The van der Waals surface area contributed by atoms with Crippen LogP contribution in [0.1, 0.15) is 40.5 Å². The van der Waals surface area contributed by atoms with Crippen molar-refractivity contribution in [3.05, 3.63) is 0 Å². The topological polar surface area (TPSA) is 85.9 Å². The molecule has 2 heterocycles. The Hall–Kier alpha value is -1.33. The van der Waals surface area contributed by atoms with Crippen molar-refractivity contribution in [1.82, 2.24) is 10.6 Å². The molecule has 2 atom stereocenters. The van der Waals surface area contributed by atoms with Crippen LogP contribution in [0.5, 0.6) is 0 Å². The zero-order chi connectivity index (χ0) is 21.4. The summed E-state index contributed by atoms with van der Waals surface area (Å²) in [7, 11) is 0.653. The molecule has 2 aliphatic heterocycles. The molecule has 1 amide bonds. The molecule has 28 heavy (non-hydrogen) atoms. The van der Waals surface area contributed by atoms with Crippen LogP contribution in [0.2, 0.25) is 6.32 Å². The van der Waals surface area contributed by atoms with Gasteiger partial charge in [0, 0.05) is 19.0 Å². The molecule has 0 bridgehead atoms. The number of hydrogen-bond acceptors (Lipinski definition) is 6. The summed E-state index contributed by atoms with van der Waals surface area (Å²) in [4.78, 5) is 23.8. The van der Waals surface area contributed by atoms with Gasteiger partial charge in [0.05, 0.1) is 18.3 Å². The number of esters is 1. The maximum atomic E-state index is 12.8. The molecule has 0 aromatic heterocycles. The van der Waals surface area contributed by atoms with Crippen LogP contribution in [0.4, 0.5) is 13.2 Å². The number of carbonyl (C=O) groups is 2. The van der Waals surface area contributed by atoms with Gasteiger partial charge in [-0.25, -0.2) is 4.79 Å². The predicted octanol–water partition coefficient (Wildman–Crippen LogP) is 1.67. The third kappa shape index (κ3) is 4.46. The molecule has 0 aliphatic carbocycles. The predicted molar refractivity (Wildman–Crippen MR) is 95.4 cm³/mol. The third-order valence-electron chi connectivity index (χ3n) is 5.93. The molecule has 0 aromatic carbocycles. The summed E-state index contributed by atoms with van der Waals surface area (Å²) in [5.74, 6) is -3.60. The van der Waals surface area contributed by atoms with E-state index in [0.717, 1.165) is 7.11 Å². The van der Waals surface area contributed by atoms with Gasteiger partial charge < -0.3 is 24.7 Å². The second-order valence-corrected chi connectivity index (χ2v) is 8.36. The van der Waals surface area contributed by atoms with E-state index < -0.39 is 47.8 Å². The van der Waals surface area contributed by atoms with E-state index in [9.17, 15) is 22.8 Å². The Balaban J connectivity index is 2.03. The molecule has 2 fully saturated rings. The highest BCUT2D eigenvalue weighted by Gasteiger charge is 2.55. The van der Waals surface area contributed by atoms with Crippen LogP contribution in [0, 0.1) is 5.92 Å². The number of carbonyl (C=O) groups excluding carboxylic acids is 2. The van der Waals surface area contributed by atoms with E-state index in [-0.39, 0.29) is 13.1 Å². The Labute approximate surface area is 163 Å². The fourth-order valence-electron chi connectivity index (χ4n) is 3.62. The zero-order valence-electron chi connectivity index (χ0n) is 16.9. The lowest BCUT2D eigenvalue weighted by Gasteiger charge is -2.33. The van der Waals surface area contributed by atoms with Crippen molar-refractivity contribution in [3.8, 4) is 0 Å². The molecular weight excluding hydrogens is 380 g/mol. The van der Waals surface area contributed by atoms with Crippen LogP contribution in [-0.2, 0) is 23.6 Å². The average molecular weight is 408 g/mol. The third-order valence-corrected chi connectivity index (χ3v) is 5.93. The fraction of sp³-hybridized carbons (Fsp3) is 0.882. The molecule has 160 valence electrons. The number of halogens is 3. The van der Waals surface area contributed by atoms with Gasteiger partial charge in [-0.2, -0.15) is 13.2 Å². The summed E-state index contributed by atoms with van der Waals surface area (Å²) in [6.45, 7) is 7.90. The Morgan fingerprint density at radius 1 is 1.21 bits per heavy atom. The van der Waals surface area contributed by atoms with E-state index in [1.807, 2.05) is 33.0 Å². The molecule has 2 rings (SSSR count). The zero-order valence-corrected chi connectivity index (χ0v) is 16.9. The van der Waals surface area contributed by atoms with Crippen molar-refractivity contribution >= 4 is 19.0 Å². The van der Waals surface area contributed by atoms with Crippen LogP contribution in [0.25, 0.3) is 0 Å². The molecule has 11 heteroatoms. The van der Waals surface area contributed by atoms with Gasteiger partial charge in [-0.05, 0) is 40.4 Å². The number of methoxy groups -OCH3 is 1. The number of ether oxygens (including phenoxy) is 1. The maximum Gasteiger partial charge on any atom is 0.471 e. The second-order valence-electron chi connectivity index (χ2n) is 8.36. The number of nitrogens with one attached hydrogen (secondary N) is 2. The summed E-state index contributed by atoms with van der Waals surface area (Å²) < 4.78 is 54.8. The van der Waals surface area contributed by atoms with Crippen molar-refractivity contribution < 1.29 is 36.8 Å². The van der Waals surface area contributed by atoms with E-state index in [1.54, 1.807) is 0 Å². The van der Waals surface area contributed by atoms with Crippen molar-refractivity contribution in [1.29, 1.82) is 0 Å². The van der Waals surface area contributed by atoms with E-state index >= 15 is 0 Å². The highest BCUT2D eigenvalue weighted by atomic mass is 19.4. The van der Waals surface area contributed by atoms with E-state index in [2.05, 4.69) is 5.32 Å². The fourth-order valence-corrected chi connectivity index (χ4v) is 3.62. The van der Waals surface area contributed by atoms with Gasteiger partial charge in [0.1, 0.15) is 0 Å². The Bertz CT molecular complexity index is 598.